The normalized spacial score (nSPS) is 19.0. The van der Waals surface area contributed by atoms with Gasteiger partial charge in [0, 0.05) is 56.0 Å². The molecule has 1 atom stereocenters. The van der Waals surface area contributed by atoms with Crippen LogP contribution < -0.4 is 10.1 Å². The summed E-state index contributed by atoms with van der Waals surface area (Å²) >= 11 is 0. The van der Waals surface area contributed by atoms with Crippen molar-refractivity contribution >= 4 is 5.91 Å². The van der Waals surface area contributed by atoms with Crippen molar-refractivity contribution < 1.29 is 31.5 Å². The molecule has 0 bridgehead atoms. The molecule has 0 aromatic carbocycles. The molecule has 1 unspecified atom stereocenters. The van der Waals surface area contributed by atoms with Crippen molar-refractivity contribution in [3.8, 4) is 5.75 Å². The van der Waals surface area contributed by atoms with Crippen molar-refractivity contribution in [2.75, 3.05) is 26.7 Å². The number of hydrogen-bond donors (Lipinski definition) is 1. The van der Waals surface area contributed by atoms with Crippen LogP contribution in [-0.2, 0) is 19.0 Å². The number of methoxy groups -OCH3 is 1. The number of ether oxygens (including phenoxy) is 1. The standard InChI is InChI=1S/C24H27F5N4O2/c1-35-20-12-18(32-17-5-3-2-4-16(17)20)22(34)31-14-19(33-10-8-23(25,26)9-11-33)15-6-7-21(30-13-15)24(27,28)29/h6-7,12-13,19H,2-5,8-11,14H2,1H3,(H,31,34). The molecule has 0 saturated carbocycles. The molecule has 1 amide bonds. The Labute approximate surface area is 199 Å². The summed E-state index contributed by atoms with van der Waals surface area (Å²) in [4.78, 5) is 22.7. The van der Waals surface area contributed by atoms with Crippen LogP contribution in [0.1, 0.15) is 64.7 Å². The fourth-order valence-corrected chi connectivity index (χ4v) is 4.64. The molecule has 2 aromatic heterocycles. The Hall–Kier alpha value is -2.82. The predicted molar refractivity (Wildman–Crippen MR) is 117 cm³/mol. The number of piperidine rings is 1. The number of amides is 1. The highest BCUT2D eigenvalue weighted by molar-refractivity contribution is 5.92. The number of halogens is 5. The Morgan fingerprint density at radius 1 is 1.20 bits per heavy atom. The number of hydrogen-bond acceptors (Lipinski definition) is 5. The number of aryl methyl sites for hydroxylation is 1. The quantitative estimate of drug-likeness (QED) is 0.591. The fourth-order valence-electron chi connectivity index (χ4n) is 4.64. The van der Waals surface area contributed by atoms with Crippen molar-refractivity contribution in [1.29, 1.82) is 0 Å². The molecular formula is C24H27F5N4O2. The average molecular weight is 498 g/mol. The smallest absolute Gasteiger partial charge is 0.433 e. The molecular weight excluding hydrogens is 471 g/mol. The fraction of sp³-hybridized carbons (Fsp3) is 0.542. The molecule has 2 aromatic rings. The molecule has 3 heterocycles. The van der Waals surface area contributed by atoms with Crippen LogP contribution in [0.25, 0.3) is 0 Å². The summed E-state index contributed by atoms with van der Waals surface area (Å²) in [6.07, 6.45) is -0.668. The van der Waals surface area contributed by atoms with Crippen molar-refractivity contribution in [3.63, 3.8) is 0 Å². The van der Waals surface area contributed by atoms with Crippen LogP contribution in [0.4, 0.5) is 22.0 Å². The number of pyridine rings is 2. The molecule has 0 radical (unpaired) electrons. The molecule has 6 nitrogen and oxygen atoms in total. The summed E-state index contributed by atoms with van der Waals surface area (Å²) in [6.45, 7) is 0.0808. The van der Waals surface area contributed by atoms with Gasteiger partial charge in [-0.2, -0.15) is 13.2 Å². The van der Waals surface area contributed by atoms with E-state index in [-0.39, 0.29) is 38.2 Å². The van der Waals surface area contributed by atoms with Gasteiger partial charge < -0.3 is 10.1 Å². The van der Waals surface area contributed by atoms with Crippen LogP contribution in [-0.4, -0.2) is 53.4 Å². The van der Waals surface area contributed by atoms with Crippen LogP contribution in [0.2, 0.25) is 0 Å². The maximum absolute atomic E-state index is 13.7. The van der Waals surface area contributed by atoms with E-state index >= 15 is 0 Å². The summed E-state index contributed by atoms with van der Waals surface area (Å²) in [5.74, 6) is -2.66. The Bertz CT molecular complexity index is 1030. The van der Waals surface area contributed by atoms with E-state index in [0.717, 1.165) is 49.2 Å². The van der Waals surface area contributed by atoms with Crippen molar-refractivity contribution in [3.05, 3.63) is 52.6 Å². The number of nitrogens with zero attached hydrogens (tertiary/aromatic N) is 3. The van der Waals surface area contributed by atoms with Gasteiger partial charge in [-0.3, -0.25) is 14.7 Å². The first-order valence-electron chi connectivity index (χ1n) is 11.6. The highest BCUT2D eigenvalue weighted by atomic mass is 19.4. The van der Waals surface area contributed by atoms with Gasteiger partial charge in [-0.25, -0.2) is 13.8 Å². The molecule has 1 fully saturated rings. The van der Waals surface area contributed by atoms with E-state index < -0.39 is 29.7 Å². The van der Waals surface area contributed by atoms with Gasteiger partial charge in [-0.1, -0.05) is 6.07 Å². The largest absolute Gasteiger partial charge is 0.496 e. The van der Waals surface area contributed by atoms with E-state index in [1.807, 2.05) is 0 Å². The zero-order valence-electron chi connectivity index (χ0n) is 19.3. The second-order valence-electron chi connectivity index (χ2n) is 8.93. The molecule has 2 aliphatic rings. The van der Waals surface area contributed by atoms with E-state index in [9.17, 15) is 26.7 Å². The summed E-state index contributed by atoms with van der Waals surface area (Å²) in [5, 5.41) is 2.78. The molecule has 0 spiro atoms. The molecule has 1 aliphatic heterocycles. The monoisotopic (exact) mass is 498 g/mol. The third-order valence-electron chi connectivity index (χ3n) is 6.60. The van der Waals surface area contributed by atoms with Crippen LogP contribution in [0.3, 0.4) is 0 Å². The average Bonchev–Trinajstić information content (AvgIpc) is 2.83. The molecule has 35 heavy (non-hydrogen) atoms. The van der Waals surface area contributed by atoms with Gasteiger partial charge in [-0.15, -0.1) is 0 Å². The summed E-state index contributed by atoms with van der Waals surface area (Å²) in [5.41, 5.74) is 1.36. The number of aromatic nitrogens is 2. The highest BCUT2D eigenvalue weighted by Crippen LogP contribution is 2.34. The Kier molecular flexibility index (Phi) is 7.25. The van der Waals surface area contributed by atoms with Gasteiger partial charge in [-0.05, 0) is 37.3 Å². The minimum atomic E-state index is -4.59. The second-order valence-corrected chi connectivity index (χ2v) is 8.93. The summed E-state index contributed by atoms with van der Waals surface area (Å²) in [6, 6.07) is 3.10. The summed E-state index contributed by atoms with van der Waals surface area (Å²) in [7, 11) is 1.53. The minimum Gasteiger partial charge on any atom is -0.496 e. The van der Waals surface area contributed by atoms with Crippen LogP contribution in [0, 0.1) is 0 Å². The maximum Gasteiger partial charge on any atom is 0.433 e. The van der Waals surface area contributed by atoms with E-state index in [1.165, 1.54) is 13.2 Å². The van der Waals surface area contributed by atoms with Gasteiger partial charge in [0.05, 0.1) is 13.2 Å². The Morgan fingerprint density at radius 2 is 1.91 bits per heavy atom. The highest BCUT2D eigenvalue weighted by Gasteiger charge is 2.37. The molecule has 4 rings (SSSR count). The van der Waals surface area contributed by atoms with Crippen molar-refractivity contribution in [2.24, 2.45) is 0 Å². The van der Waals surface area contributed by atoms with Crippen LogP contribution in [0.15, 0.2) is 24.4 Å². The van der Waals surface area contributed by atoms with Crippen molar-refractivity contribution in [1.82, 2.24) is 20.2 Å². The van der Waals surface area contributed by atoms with Crippen molar-refractivity contribution in [2.45, 2.75) is 56.7 Å². The lowest BCUT2D eigenvalue weighted by Crippen LogP contribution is -2.45. The lowest BCUT2D eigenvalue weighted by molar-refractivity contribution is -0.141. The Morgan fingerprint density at radius 3 is 2.54 bits per heavy atom. The number of rotatable bonds is 6. The number of carbonyl (C=O) groups is 1. The topological polar surface area (TPSA) is 67.3 Å². The molecule has 11 heteroatoms. The van der Waals surface area contributed by atoms with Gasteiger partial charge in [0.25, 0.3) is 11.8 Å². The molecule has 1 N–H and O–H groups in total. The third kappa shape index (κ3) is 5.88. The van der Waals surface area contributed by atoms with Gasteiger partial charge in [0.1, 0.15) is 17.1 Å². The van der Waals surface area contributed by atoms with Gasteiger partial charge in [0.15, 0.2) is 0 Å². The van der Waals surface area contributed by atoms with E-state index in [4.69, 9.17) is 4.74 Å². The first-order valence-corrected chi connectivity index (χ1v) is 11.6. The number of carbonyl (C=O) groups excluding carboxylic acids is 1. The predicted octanol–water partition coefficient (Wildman–Crippen LogP) is 4.59. The van der Waals surface area contributed by atoms with Crippen LogP contribution >= 0.6 is 0 Å². The molecule has 190 valence electrons. The second kappa shape index (κ2) is 10.0. The SMILES string of the molecule is COc1cc(C(=O)NCC(c2ccc(C(F)(F)F)nc2)N2CCC(F)(F)CC2)nc2c1CCCC2. The first kappa shape index (κ1) is 25.3. The van der Waals surface area contributed by atoms with E-state index in [1.54, 1.807) is 11.0 Å². The minimum absolute atomic E-state index is 0.00146. The zero-order valence-corrected chi connectivity index (χ0v) is 19.3. The number of fused-ring (bicyclic) bond motifs is 1. The third-order valence-corrected chi connectivity index (χ3v) is 6.60. The van der Waals surface area contributed by atoms with Crippen LogP contribution in [0.5, 0.6) is 5.75 Å². The number of likely N-dealkylation sites (tertiary alicyclic amines) is 1. The Balaban J connectivity index is 1.54. The summed E-state index contributed by atoms with van der Waals surface area (Å²) < 4.78 is 71.8. The lowest BCUT2D eigenvalue weighted by atomic mass is 9.95. The van der Waals surface area contributed by atoms with Gasteiger partial charge in [0.2, 0.25) is 0 Å². The van der Waals surface area contributed by atoms with Gasteiger partial charge >= 0.3 is 6.18 Å². The maximum atomic E-state index is 13.7. The molecule has 1 saturated heterocycles. The lowest BCUT2D eigenvalue weighted by Gasteiger charge is -2.37. The first-order chi connectivity index (χ1) is 16.6. The number of alkyl halides is 5. The number of nitrogens with one attached hydrogen (secondary N) is 1. The van der Waals surface area contributed by atoms with E-state index in [0.29, 0.717) is 11.3 Å². The van der Waals surface area contributed by atoms with E-state index in [2.05, 4.69) is 15.3 Å². The molecule has 1 aliphatic carbocycles. The zero-order chi connectivity index (χ0) is 25.2.